The molecule has 0 spiro atoms. The van der Waals surface area contributed by atoms with Crippen LogP contribution in [0.4, 0.5) is 15.2 Å². The number of rotatable bonds is 2. The maximum absolute atomic E-state index is 13.0. The van der Waals surface area contributed by atoms with Crippen molar-refractivity contribution in [3.63, 3.8) is 0 Å². The lowest BCUT2D eigenvalue weighted by Crippen LogP contribution is -1.85. The Morgan fingerprint density at radius 1 is 1.25 bits per heavy atom. The van der Waals surface area contributed by atoms with E-state index in [1.807, 2.05) is 16.8 Å². The van der Waals surface area contributed by atoms with Crippen LogP contribution >= 0.6 is 22.7 Å². The number of nitrogens with one attached hydrogen (secondary N) is 1. The lowest BCUT2D eigenvalue weighted by atomic mass is 10.3. The van der Waals surface area contributed by atoms with Crippen molar-refractivity contribution in [3.8, 4) is 0 Å². The molecular formula is C11H7FN2S2. The Morgan fingerprint density at radius 2 is 2.19 bits per heavy atom. The maximum atomic E-state index is 13.0. The summed E-state index contributed by atoms with van der Waals surface area (Å²) in [5, 5.41) is 7.98. The largest absolute Gasteiger partial charge is 0.331 e. The first-order chi connectivity index (χ1) is 7.81. The summed E-state index contributed by atoms with van der Waals surface area (Å²) in [4.78, 5) is 4.37. The first kappa shape index (κ1) is 9.74. The van der Waals surface area contributed by atoms with Crippen LogP contribution in [0.2, 0.25) is 0 Å². The number of hydrogen-bond acceptors (Lipinski definition) is 4. The Hall–Kier alpha value is -1.46. The Bertz CT molecular complexity index is 616. The van der Waals surface area contributed by atoms with Gasteiger partial charge in [0.1, 0.15) is 5.82 Å². The summed E-state index contributed by atoms with van der Waals surface area (Å²) >= 11 is 3.07. The minimum Gasteiger partial charge on any atom is -0.331 e. The molecular weight excluding hydrogens is 243 g/mol. The van der Waals surface area contributed by atoms with Gasteiger partial charge >= 0.3 is 0 Å². The van der Waals surface area contributed by atoms with E-state index >= 15 is 0 Å². The molecule has 0 unspecified atom stereocenters. The van der Waals surface area contributed by atoms with Gasteiger partial charge < -0.3 is 5.32 Å². The molecule has 0 radical (unpaired) electrons. The monoisotopic (exact) mass is 250 g/mol. The molecule has 2 heterocycles. The van der Waals surface area contributed by atoms with Crippen molar-refractivity contribution in [2.45, 2.75) is 0 Å². The van der Waals surface area contributed by atoms with E-state index in [0.717, 1.165) is 21.0 Å². The van der Waals surface area contributed by atoms with Crippen LogP contribution in [0, 0.1) is 5.82 Å². The highest BCUT2D eigenvalue weighted by molar-refractivity contribution is 7.22. The van der Waals surface area contributed by atoms with Gasteiger partial charge in [-0.1, -0.05) is 11.3 Å². The van der Waals surface area contributed by atoms with E-state index < -0.39 is 0 Å². The fraction of sp³-hybridized carbons (Fsp3) is 0. The molecule has 3 aromatic rings. The van der Waals surface area contributed by atoms with Gasteiger partial charge in [0.2, 0.25) is 0 Å². The normalized spacial score (nSPS) is 10.8. The van der Waals surface area contributed by atoms with E-state index in [4.69, 9.17) is 0 Å². The zero-order valence-corrected chi connectivity index (χ0v) is 9.74. The van der Waals surface area contributed by atoms with Crippen LogP contribution in [0.1, 0.15) is 0 Å². The summed E-state index contributed by atoms with van der Waals surface area (Å²) in [5.41, 5.74) is 1.84. The molecule has 0 aliphatic heterocycles. The molecule has 1 N–H and O–H groups in total. The molecule has 3 rings (SSSR count). The van der Waals surface area contributed by atoms with E-state index in [9.17, 15) is 4.39 Å². The SMILES string of the molecule is Fc1ccc2nc(Nc3ccsc3)sc2c1. The molecule has 5 heteroatoms. The smallest absolute Gasteiger partial charge is 0.188 e. The van der Waals surface area contributed by atoms with Gasteiger partial charge in [0.25, 0.3) is 0 Å². The Labute approximate surface area is 99.4 Å². The molecule has 0 aliphatic rings. The first-order valence-electron chi connectivity index (χ1n) is 4.66. The average molecular weight is 250 g/mol. The van der Waals surface area contributed by atoms with Crippen LogP contribution in [-0.2, 0) is 0 Å². The first-order valence-corrected chi connectivity index (χ1v) is 6.42. The van der Waals surface area contributed by atoms with Crippen LogP contribution in [0.25, 0.3) is 10.2 Å². The van der Waals surface area contributed by atoms with Crippen molar-refractivity contribution in [1.82, 2.24) is 4.98 Å². The van der Waals surface area contributed by atoms with Gasteiger partial charge in [-0.25, -0.2) is 9.37 Å². The summed E-state index contributed by atoms with van der Waals surface area (Å²) < 4.78 is 13.8. The molecule has 0 saturated heterocycles. The second-order valence-electron chi connectivity index (χ2n) is 3.27. The standard InChI is InChI=1S/C11H7FN2S2/c12-7-1-2-9-10(5-7)16-11(14-9)13-8-3-4-15-6-8/h1-6H,(H,13,14). The zero-order valence-electron chi connectivity index (χ0n) is 8.11. The van der Waals surface area contributed by atoms with Crippen LogP contribution < -0.4 is 5.32 Å². The molecule has 2 aromatic heterocycles. The summed E-state index contributed by atoms with van der Waals surface area (Å²) in [5.74, 6) is -0.224. The number of thiazole rings is 1. The van der Waals surface area contributed by atoms with Crippen LogP contribution in [0.15, 0.2) is 35.0 Å². The lowest BCUT2D eigenvalue weighted by Gasteiger charge is -1.95. The Balaban J connectivity index is 1.99. The van der Waals surface area contributed by atoms with E-state index in [2.05, 4.69) is 10.3 Å². The number of benzene rings is 1. The minimum atomic E-state index is -0.224. The quantitative estimate of drug-likeness (QED) is 0.735. The lowest BCUT2D eigenvalue weighted by molar-refractivity contribution is 0.630. The molecule has 0 aliphatic carbocycles. The molecule has 2 nitrogen and oxygen atoms in total. The Kier molecular flexibility index (Phi) is 2.34. The minimum absolute atomic E-state index is 0.224. The highest BCUT2D eigenvalue weighted by atomic mass is 32.1. The van der Waals surface area contributed by atoms with Crippen LogP contribution in [-0.4, -0.2) is 4.98 Å². The second kappa shape index (κ2) is 3.84. The number of nitrogens with zero attached hydrogens (tertiary/aromatic N) is 1. The average Bonchev–Trinajstić information content (AvgIpc) is 2.86. The third kappa shape index (κ3) is 1.79. The zero-order chi connectivity index (χ0) is 11.0. The van der Waals surface area contributed by atoms with Gasteiger partial charge in [-0.2, -0.15) is 11.3 Å². The molecule has 1 aromatic carbocycles. The topological polar surface area (TPSA) is 24.9 Å². The number of anilines is 2. The van der Waals surface area contributed by atoms with Crippen LogP contribution in [0.3, 0.4) is 0 Å². The predicted octanol–water partition coefficient (Wildman–Crippen LogP) is 4.24. The highest BCUT2D eigenvalue weighted by Crippen LogP contribution is 2.29. The number of hydrogen-bond donors (Lipinski definition) is 1. The number of fused-ring (bicyclic) bond motifs is 1. The van der Waals surface area contributed by atoms with Gasteiger partial charge in [0.15, 0.2) is 5.13 Å². The van der Waals surface area contributed by atoms with Crippen molar-refractivity contribution >= 4 is 43.7 Å². The van der Waals surface area contributed by atoms with Crippen molar-refractivity contribution in [1.29, 1.82) is 0 Å². The molecule has 0 amide bonds. The van der Waals surface area contributed by atoms with Gasteiger partial charge in [-0.15, -0.1) is 0 Å². The third-order valence-corrected chi connectivity index (χ3v) is 3.74. The van der Waals surface area contributed by atoms with E-state index in [1.54, 1.807) is 17.4 Å². The second-order valence-corrected chi connectivity index (χ2v) is 5.08. The van der Waals surface area contributed by atoms with Crippen molar-refractivity contribution in [2.75, 3.05) is 5.32 Å². The summed E-state index contributed by atoms with van der Waals surface area (Å²) in [6.07, 6.45) is 0. The van der Waals surface area contributed by atoms with Gasteiger partial charge in [0.05, 0.1) is 15.9 Å². The molecule has 80 valence electrons. The van der Waals surface area contributed by atoms with Gasteiger partial charge in [-0.3, -0.25) is 0 Å². The molecule has 0 bridgehead atoms. The van der Waals surface area contributed by atoms with Gasteiger partial charge in [-0.05, 0) is 29.6 Å². The number of thiophene rings is 1. The maximum Gasteiger partial charge on any atom is 0.188 e. The Morgan fingerprint density at radius 3 is 3.00 bits per heavy atom. The number of halogens is 1. The molecule has 16 heavy (non-hydrogen) atoms. The molecule has 0 atom stereocenters. The molecule has 0 saturated carbocycles. The van der Waals surface area contributed by atoms with Crippen molar-refractivity contribution in [3.05, 3.63) is 40.8 Å². The predicted molar refractivity (Wildman–Crippen MR) is 67.2 cm³/mol. The van der Waals surface area contributed by atoms with E-state index in [-0.39, 0.29) is 5.82 Å². The molecule has 0 fully saturated rings. The number of aromatic nitrogens is 1. The fourth-order valence-corrected chi connectivity index (χ4v) is 2.91. The van der Waals surface area contributed by atoms with Crippen LogP contribution in [0.5, 0.6) is 0 Å². The summed E-state index contributed by atoms with van der Waals surface area (Å²) in [7, 11) is 0. The fourth-order valence-electron chi connectivity index (χ4n) is 1.41. The van der Waals surface area contributed by atoms with Gasteiger partial charge in [0, 0.05) is 5.38 Å². The van der Waals surface area contributed by atoms with Crippen molar-refractivity contribution < 1.29 is 4.39 Å². The third-order valence-electron chi connectivity index (χ3n) is 2.12. The van der Waals surface area contributed by atoms with E-state index in [1.165, 1.54) is 23.5 Å². The van der Waals surface area contributed by atoms with E-state index in [0.29, 0.717) is 0 Å². The summed E-state index contributed by atoms with van der Waals surface area (Å²) in [6, 6.07) is 6.61. The summed E-state index contributed by atoms with van der Waals surface area (Å²) in [6.45, 7) is 0. The van der Waals surface area contributed by atoms with Crippen molar-refractivity contribution in [2.24, 2.45) is 0 Å². The highest BCUT2D eigenvalue weighted by Gasteiger charge is 2.04.